The molecule has 0 bridgehead atoms. The van der Waals surface area contributed by atoms with Gasteiger partial charge in [-0.2, -0.15) is 0 Å². The topological polar surface area (TPSA) is 62.5 Å². The largest absolute Gasteiger partial charge is 0.371 e. The van der Waals surface area contributed by atoms with Crippen LogP contribution in [0.4, 0.5) is 11.5 Å². The van der Waals surface area contributed by atoms with Crippen LogP contribution in [-0.2, 0) is 14.1 Å². The summed E-state index contributed by atoms with van der Waals surface area (Å²) in [7, 11) is 3.17. The molecule has 2 heterocycles. The zero-order valence-corrected chi connectivity index (χ0v) is 18.1. The van der Waals surface area contributed by atoms with Crippen molar-refractivity contribution in [2.75, 3.05) is 49.5 Å². The van der Waals surface area contributed by atoms with Crippen LogP contribution in [0.5, 0.6) is 0 Å². The fourth-order valence-electron chi connectivity index (χ4n) is 3.46. The summed E-state index contributed by atoms with van der Waals surface area (Å²) >= 11 is 3.48. The molecule has 7 nitrogen and oxygen atoms in total. The van der Waals surface area contributed by atoms with Crippen LogP contribution in [0.15, 0.2) is 44.4 Å². The third-order valence-corrected chi connectivity index (χ3v) is 5.83. The van der Waals surface area contributed by atoms with Gasteiger partial charge >= 0.3 is 5.69 Å². The van der Waals surface area contributed by atoms with Crippen molar-refractivity contribution in [3.05, 3.63) is 55.6 Å². The average Bonchev–Trinajstić information content (AvgIpc) is 2.71. The van der Waals surface area contributed by atoms with Crippen molar-refractivity contribution in [3.63, 3.8) is 0 Å². The lowest BCUT2D eigenvalue weighted by atomic mass is 10.2. The van der Waals surface area contributed by atoms with Gasteiger partial charge in [-0.25, -0.2) is 4.79 Å². The van der Waals surface area contributed by atoms with E-state index in [0.717, 1.165) is 61.2 Å². The number of benzene rings is 1. The highest BCUT2D eigenvalue weighted by atomic mass is 79.9. The molecule has 0 unspecified atom stereocenters. The van der Waals surface area contributed by atoms with E-state index in [4.69, 9.17) is 0 Å². The Hall–Kier alpha value is -2.06. The van der Waals surface area contributed by atoms with E-state index in [-0.39, 0.29) is 11.2 Å². The average molecular weight is 450 g/mol. The minimum Gasteiger partial charge on any atom is -0.371 e. The summed E-state index contributed by atoms with van der Waals surface area (Å²) in [6.07, 6.45) is 2.08. The van der Waals surface area contributed by atoms with E-state index in [2.05, 4.69) is 55.3 Å². The number of hydrogen-bond donors (Lipinski definition) is 1. The monoisotopic (exact) mass is 449 g/mol. The van der Waals surface area contributed by atoms with Gasteiger partial charge < -0.3 is 10.2 Å². The van der Waals surface area contributed by atoms with Crippen molar-refractivity contribution in [1.82, 2.24) is 14.0 Å². The fourth-order valence-corrected chi connectivity index (χ4v) is 3.73. The van der Waals surface area contributed by atoms with Crippen molar-refractivity contribution in [1.29, 1.82) is 0 Å². The molecule has 1 saturated heterocycles. The first-order valence-corrected chi connectivity index (χ1v) is 10.5. The van der Waals surface area contributed by atoms with Crippen LogP contribution in [0.3, 0.4) is 0 Å². The normalized spacial score (nSPS) is 15.0. The molecule has 3 rings (SSSR count). The second kappa shape index (κ2) is 9.43. The number of rotatable bonds is 7. The Morgan fingerprint density at radius 1 is 0.964 bits per heavy atom. The molecular weight excluding hydrogens is 422 g/mol. The number of anilines is 2. The Morgan fingerprint density at radius 3 is 2.32 bits per heavy atom. The molecule has 0 spiro atoms. The molecule has 1 aromatic heterocycles. The third-order valence-electron chi connectivity index (χ3n) is 5.30. The summed E-state index contributed by atoms with van der Waals surface area (Å²) < 4.78 is 3.70. The first kappa shape index (κ1) is 20.7. The molecule has 1 aliphatic heterocycles. The van der Waals surface area contributed by atoms with Gasteiger partial charge in [-0.15, -0.1) is 0 Å². The summed E-state index contributed by atoms with van der Waals surface area (Å²) in [5, 5.41) is 3.21. The molecule has 0 amide bonds. The van der Waals surface area contributed by atoms with Crippen molar-refractivity contribution in [2.45, 2.75) is 12.8 Å². The van der Waals surface area contributed by atoms with Crippen LogP contribution >= 0.6 is 15.9 Å². The molecular formula is C20H28BrN5O2. The molecule has 1 aliphatic rings. The molecule has 0 atom stereocenters. The van der Waals surface area contributed by atoms with E-state index in [1.54, 1.807) is 7.05 Å². The summed E-state index contributed by atoms with van der Waals surface area (Å²) in [6, 6.07) is 9.98. The maximum atomic E-state index is 11.9. The molecule has 8 heteroatoms. The third kappa shape index (κ3) is 5.05. The number of hydrogen-bond acceptors (Lipinski definition) is 5. The molecule has 1 aromatic carbocycles. The summed E-state index contributed by atoms with van der Waals surface area (Å²) in [5.41, 5.74) is 0.694. The van der Waals surface area contributed by atoms with Crippen molar-refractivity contribution in [3.8, 4) is 0 Å². The van der Waals surface area contributed by atoms with Gasteiger partial charge in [0.1, 0.15) is 5.82 Å². The molecule has 0 aliphatic carbocycles. The minimum atomic E-state index is -0.307. The summed E-state index contributed by atoms with van der Waals surface area (Å²) in [4.78, 5) is 28.6. The van der Waals surface area contributed by atoms with Crippen LogP contribution in [-0.4, -0.2) is 53.3 Å². The van der Waals surface area contributed by atoms with Gasteiger partial charge in [-0.1, -0.05) is 15.9 Å². The molecule has 28 heavy (non-hydrogen) atoms. The van der Waals surface area contributed by atoms with Gasteiger partial charge in [0.05, 0.1) is 0 Å². The van der Waals surface area contributed by atoms with Gasteiger partial charge in [0, 0.05) is 63.0 Å². The van der Waals surface area contributed by atoms with E-state index in [9.17, 15) is 9.59 Å². The van der Waals surface area contributed by atoms with Gasteiger partial charge in [0.15, 0.2) is 0 Å². The van der Waals surface area contributed by atoms with Gasteiger partial charge in [0.2, 0.25) is 0 Å². The molecule has 152 valence electrons. The Morgan fingerprint density at radius 2 is 1.64 bits per heavy atom. The number of halogens is 1. The Balaban J connectivity index is 1.37. The Labute approximate surface area is 173 Å². The fraction of sp³-hybridized carbons (Fsp3) is 0.500. The molecule has 1 N–H and O–H groups in total. The molecule has 0 saturated carbocycles. The predicted molar refractivity (Wildman–Crippen MR) is 117 cm³/mol. The van der Waals surface area contributed by atoms with Crippen molar-refractivity contribution < 1.29 is 0 Å². The van der Waals surface area contributed by atoms with Gasteiger partial charge in [0.25, 0.3) is 5.56 Å². The highest BCUT2D eigenvalue weighted by molar-refractivity contribution is 9.10. The lowest BCUT2D eigenvalue weighted by molar-refractivity contribution is 0.254. The summed E-state index contributed by atoms with van der Waals surface area (Å²) in [5.74, 6) is 0.580. The highest BCUT2D eigenvalue weighted by Gasteiger charge is 2.16. The quantitative estimate of drug-likeness (QED) is 0.653. The number of aromatic nitrogens is 2. The molecule has 1 fully saturated rings. The van der Waals surface area contributed by atoms with Gasteiger partial charge in [-0.3, -0.25) is 18.8 Å². The van der Waals surface area contributed by atoms with Crippen LogP contribution in [0.1, 0.15) is 12.8 Å². The molecule has 0 radical (unpaired) electrons. The van der Waals surface area contributed by atoms with Crippen LogP contribution < -0.4 is 21.5 Å². The maximum Gasteiger partial charge on any atom is 0.332 e. The number of unbranched alkanes of at least 4 members (excludes halogenated alkanes) is 1. The lowest BCUT2D eigenvalue weighted by Crippen LogP contribution is -2.46. The predicted octanol–water partition coefficient (Wildman–Crippen LogP) is 1.86. The van der Waals surface area contributed by atoms with E-state index < -0.39 is 0 Å². The number of piperazine rings is 1. The number of nitrogens with zero attached hydrogens (tertiary/aromatic N) is 4. The number of nitrogens with one attached hydrogen (secondary N) is 1. The highest BCUT2D eigenvalue weighted by Crippen LogP contribution is 2.19. The lowest BCUT2D eigenvalue weighted by Gasteiger charge is -2.36. The van der Waals surface area contributed by atoms with Crippen LogP contribution in [0.25, 0.3) is 0 Å². The zero-order chi connectivity index (χ0) is 20.1. The van der Waals surface area contributed by atoms with Gasteiger partial charge in [-0.05, 0) is 43.7 Å². The van der Waals surface area contributed by atoms with Crippen molar-refractivity contribution >= 4 is 27.4 Å². The first-order chi connectivity index (χ1) is 13.5. The standard InChI is InChI=1S/C20H28BrN5O2/c1-23-18(15-19(27)24(2)20(23)28)22-9-3-4-10-25-11-13-26(14-12-25)17-7-5-16(21)6-8-17/h5-8,15,22H,3-4,9-14H2,1-2H3. The van der Waals surface area contributed by atoms with Crippen LogP contribution in [0.2, 0.25) is 0 Å². The Kier molecular flexibility index (Phi) is 6.96. The van der Waals surface area contributed by atoms with E-state index in [0.29, 0.717) is 5.82 Å². The molecule has 2 aromatic rings. The van der Waals surface area contributed by atoms with Crippen LogP contribution in [0, 0.1) is 0 Å². The second-order valence-corrected chi connectivity index (χ2v) is 8.12. The van der Waals surface area contributed by atoms with E-state index in [1.807, 2.05) is 0 Å². The minimum absolute atomic E-state index is 0.283. The second-order valence-electron chi connectivity index (χ2n) is 7.21. The Bertz CT molecular complexity index is 898. The summed E-state index contributed by atoms with van der Waals surface area (Å²) in [6.45, 7) is 6.08. The smallest absolute Gasteiger partial charge is 0.332 e. The first-order valence-electron chi connectivity index (χ1n) is 9.69. The van der Waals surface area contributed by atoms with E-state index in [1.165, 1.54) is 23.4 Å². The maximum absolute atomic E-state index is 11.9. The van der Waals surface area contributed by atoms with E-state index >= 15 is 0 Å². The SMILES string of the molecule is Cn1c(NCCCCN2CCN(c3ccc(Br)cc3)CC2)cc(=O)n(C)c1=O. The zero-order valence-electron chi connectivity index (χ0n) is 16.5. The van der Waals surface area contributed by atoms with Crippen molar-refractivity contribution in [2.24, 2.45) is 14.1 Å².